The molecule has 1 unspecified atom stereocenters. The van der Waals surface area contributed by atoms with Crippen LogP contribution in [0.4, 0.5) is 0 Å². The maximum atomic E-state index is 14.9. The number of hydrogen-bond donors (Lipinski definition) is 0. The third-order valence-corrected chi connectivity index (χ3v) is 13.9. The van der Waals surface area contributed by atoms with E-state index in [0.717, 1.165) is 47.5 Å². The van der Waals surface area contributed by atoms with Crippen molar-refractivity contribution in [2.45, 2.75) is 0 Å². The first-order valence-corrected chi connectivity index (χ1v) is 16.7. The van der Waals surface area contributed by atoms with Crippen LogP contribution in [0.5, 0.6) is 11.5 Å². The summed E-state index contributed by atoms with van der Waals surface area (Å²) in [6, 6.07) is 39.9. The fourth-order valence-corrected chi connectivity index (χ4v) is 12.0. The molecule has 0 fully saturated rings. The van der Waals surface area contributed by atoms with Gasteiger partial charge in [-0.1, -0.05) is 0 Å². The topological polar surface area (TPSA) is 57.0 Å². The Balaban J connectivity index is 1.27. The molecule has 0 saturated carbocycles. The van der Waals surface area contributed by atoms with E-state index in [1.54, 1.807) is 12.4 Å². The van der Waals surface area contributed by atoms with Crippen molar-refractivity contribution in [2.24, 2.45) is 0 Å². The zero-order valence-electron chi connectivity index (χ0n) is 21.3. The summed E-state index contributed by atoms with van der Waals surface area (Å²) in [5, 5.41) is 2.28. The van der Waals surface area contributed by atoms with E-state index in [-0.39, 0.29) is 0 Å². The summed E-state index contributed by atoms with van der Waals surface area (Å²) in [7, 11) is 0. The molecule has 4 aromatic carbocycles. The second-order valence-corrected chi connectivity index (χ2v) is 15.4. The molecular weight excluding hydrogens is 557 g/mol. The molecule has 0 aliphatic carbocycles. The van der Waals surface area contributed by atoms with Crippen LogP contribution in [0.1, 0.15) is 0 Å². The summed E-state index contributed by atoms with van der Waals surface area (Å²) in [6.07, 6.45) is 3.52. The van der Waals surface area contributed by atoms with Crippen LogP contribution in [0.25, 0.3) is 38.8 Å². The van der Waals surface area contributed by atoms with Crippen LogP contribution in [0.3, 0.4) is 0 Å². The predicted molar refractivity (Wildman–Crippen MR) is 160 cm³/mol. The number of fused-ring (bicyclic) bond motifs is 6. The van der Waals surface area contributed by atoms with Crippen LogP contribution in [0, 0.1) is 0 Å². The molecule has 4 heterocycles. The molecule has 5 nitrogen and oxygen atoms in total. The predicted octanol–water partition coefficient (Wildman–Crippen LogP) is 5.74. The van der Waals surface area contributed by atoms with E-state index in [1.165, 1.54) is 0 Å². The Morgan fingerprint density at radius 1 is 0.575 bits per heavy atom. The molecule has 0 saturated heterocycles. The van der Waals surface area contributed by atoms with E-state index in [2.05, 4.69) is 44.9 Å². The Labute approximate surface area is 233 Å². The number of para-hydroxylation sites is 1. The van der Waals surface area contributed by atoms with E-state index in [0.29, 0.717) is 16.0 Å². The normalized spacial score (nSPS) is 15.7. The van der Waals surface area contributed by atoms with E-state index >= 15 is 0 Å². The van der Waals surface area contributed by atoms with Crippen molar-refractivity contribution in [3.05, 3.63) is 134 Å². The molecule has 1 aliphatic heterocycles. The first-order valence-electron chi connectivity index (χ1n) is 13.1. The Morgan fingerprint density at radius 3 is 2.12 bits per heavy atom. The van der Waals surface area contributed by atoms with Gasteiger partial charge in [0.1, 0.15) is 0 Å². The average molecular weight is 579 g/mol. The van der Waals surface area contributed by atoms with E-state index in [4.69, 9.17) is 4.74 Å². The summed E-state index contributed by atoms with van der Waals surface area (Å²) in [4.78, 5) is 9.18. The zero-order valence-corrected chi connectivity index (χ0v) is 23.2. The van der Waals surface area contributed by atoms with Crippen molar-refractivity contribution < 1.29 is 8.48 Å². The maximum absolute atomic E-state index is 14.9. The van der Waals surface area contributed by atoms with Crippen LogP contribution < -0.4 is 17.9 Å². The molecule has 0 N–H and O–H groups in total. The van der Waals surface area contributed by atoms with Gasteiger partial charge in [0, 0.05) is 0 Å². The van der Waals surface area contributed by atoms with Gasteiger partial charge in [0.05, 0.1) is 0 Å². The second kappa shape index (κ2) is 8.84. The van der Waals surface area contributed by atoms with Crippen molar-refractivity contribution in [1.29, 1.82) is 0 Å². The number of aromatic nitrogens is 3. The van der Waals surface area contributed by atoms with E-state index < -0.39 is 13.5 Å². The average Bonchev–Trinajstić information content (AvgIpc) is 3.48. The number of pyridine rings is 2. The third-order valence-electron chi connectivity index (χ3n) is 7.57. The van der Waals surface area contributed by atoms with Crippen molar-refractivity contribution in [3.8, 4) is 28.4 Å². The molecular formula is C34H22AsN3O2. The van der Waals surface area contributed by atoms with Gasteiger partial charge in [0.2, 0.25) is 0 Å². The molecule has 7 aromatic rings. The van der Waals surface area contributed by atoms with E-state index in [1.807, 2.05) is 91.0 Å². The van der Waals surface area contributed by atoms with Crippen molar-refractivity contribution >= 4 is 48.5 Å². The van der Waals surface area contributed by atoms with Gasteiger partial charge in [0.25, 0.3) is 0 Å². The number of hydrogen-bond acceptors (Lipinski definition) is 4. The van der Waals surface area contributed by atoms with E-state index in [9.17, 15) is 3.74 Å². The van der Waals surface area contributed by atoms with Gasteiger partial charge in [-0.2, -0.15) is 0 Å². The molecule has 8 rings (SSSR count). The summed E-state index contributed by atoms with van der Waals surface area (Å²) >= 11 is -3.98. The molecule has 3 aromatic heterocycles. The molecule has 0 amide bonds. The second-order valence-electron chi connectivity index (χ2n) is 9.81. The Kier molecular flexibility index (Phi) is 5.09. The van der Waals surface area contributed by atoms with Crippen LogP contribution in [-0.4, -0.2) is 28.0 Å². The minimum absolute atomic E-state index is 0.643. The monoisotopic (exact) mass is 579 g/mol. The molecule has 1 aliphatic rings. The van der Waals surface area contributed by atoms with Gasteiger partial charge < -0.3 is 0 Å². The molecule has 6 heteroatoms. The van der Waals surface area contributed by atoms with Crippen molar-refractivity contribution in [3.63, 3.8) is 0 Å². The number of nitrogens with zero attached hydrogens (tertiary/aromatic N) is 3. The van der Waals surface area contributed by atoms with Crippen molar-refractivity contribution in [1.82, 2.24) is 14.5 Å². The Morgan fingerprint density at radius 2 is 1.27 bits per heavy atom. The summed E-state index contributed by atoms with van der Waals surface area (Å²) in [6.45, 7) is 0. The third kappa shape index (κ3) is 3.35. The summed E-state index contributed by atoms with van der Waals surface area (Å²) in [5.74, 6) is 2.19. The van der Waals surface area contributed by atoms with Gasteiger partial charge in [-0.3, -0.25) is 0 Å². The van der Waals surface area contributed by atoms with Crippen molar-refractivity contribution in [2.75, 3.05) is 0 Å². The Hall–Kier alpha value is -4.86. The minimum atomic E-state index is -3.98. The van der Waals surface area contributed by atoms with Gasteiger partial charge in [-0.25, -0.2) is 0 Å². The molecule has 190 valence electrons. The zero-order chi connectivity index (χ0) is 26.7. The number of rotatable bonds is 4. The SMILES string of the molecule is O=[As]1(c2ccccn2)c2ccccc2-c2ccc(Oc3ccc4c5ccccc5n(-c5ccccn5)c4c3)cc21. The molecule has 0 spiro atoms. The first kappa shape index (κ1) is 23.1. The molecule has 40 heavy (non-hydrogen) atoms. The van der Waals surface area contributed by atoms with Crippen LogP contribution in [0.15, 0.2) is 134 Å². The standard InChI is InChI=1S/C34H22AsN3O2/c39-35(33-13-5-7-19-36-33)29-11-3-1-9-25(29)26-17-15-23(21-30(26)35)40-24-16-18-28-27-10-2-4-12-31(27)38(32(28)22-24)34-14-6-8-20-37-34/h1-22H. The molecule has 1 atom stereocenters. The fraction of sp³-hybridized carbons (Fsp3) is 0. The quantitative estimate of drug-likeness (QED) is 0.250. The van der Waals surface area contributed by atoms with Gasteiger partial charge >= 0.3 is 234 Å². The first-order chi connectivity index (χ1) is 19.7. The number of ether oxygens (including phenoxy) is 1. The summed E-state index contributed by atoms with van der Waals surface area (Å²) in [5.41, 5.74) is 4.09. The fourth-order valence-electron chi connectivity index (χ4n) is 5.84. The van der Waals surface area contributed by atoms with Crippen LogP contribution in [-0.2, 0) is 3.74 Å². The van der Waals surface area contributed by atoms with Gasteiger partial charge in [0.15, 0.2) is 0 Å². The number of benzene rings is 4. The summed E-state index contributed by atoms with van der Waals surface area (Å²) < 4.78 is 25.8. The van der Waals surface area contributed by atoms with Crippen LogP contribution in [0.2, 0.25) is 0 Å². The van der Waals surface area contributed by atoms with Gasteiger partial charge in [-0.05, 0) is 0 Å². The molecule has 0 bridgehead atoms. The Bertz CT molecular complexity index is 2120. The molecule has 0 radical (unpaired) electrons. The van der Waals surface area contributed by atoms with Gasteiger partial charge in [-0.15, -0.1) is 0 Å². The van der Waals surface area contributed by atoms with Crippen LogP contribution >= 0.6 is 0 Å².